The van der Waals surface area contributed by atoms with Crippen LogP contribution in [0.4, 0.5) is 0 Å². The Bertz CT molecular complexity index is 318. The molecule has 3 saturated heterocycles. The lowest BCUT2D eigenvalue weighted by Crippen LogP contribution is -2.57. The predicted molar refractivity (Wildman–Crippen MR) is 73.0 cm³/mol. The summed E-state index contributed by atoms with van der Waals surface area (Å²) < 4.78 is 5.41. The van der Waals surface area contributed by atoms with Crippen molar-refractivity contribution in [3.05, 3.63) is 0 Å². The van der Waals surface area contributed by atoms with Crippen LogP contribution in [0.3, 0.4) is 0 Å². The molecule has 5 nitrogen and oxygen atoms in total. The summed E-state index contributed by atoms with van der Waals surface area (Å²) >= 11 is 0. The van der Waals surface area contributed by atoms with Crippen LogP contribution in [0, 0.1) is 0 Å². The number of nitrogens with zero attached hydrogens (tertiary/aromatic N) is 2. The van der Waals surface area contributed by atoms with Gasteiger partial charge < -0.3 is 15.0 Å². The quantitative estimate of drug-likeness (QED) is 0.768. The van der Waals surface area contributed by atoms with Crippen LogP contribution in [0.25, 0.3) is 0 Å². The minimum Gasteiger partial charge on any atom is -0.378 e. The van der Waals surface area contributed by atoms with Crippen LogP contribution in [-0.2, 0) is 9.53 Å². The molecule has 2 unspecified atom stereocenters. The highest BCUT2D eigenvalue weighted by Gasteiger charge is 2.31. The van der Waals surface area contributed by atoms with E-state index in [1.807, 2.05) is 0 Å². The number of fused-ring (bicyclic) bond motifs is 1. The van der Waals surface area contributed by atoms with E-state index < -0.39 is 0 Å². The Hall–Kier alpha value is -0.650. The highest BCUT2D eigenvalue weighted by Crippen LogP contribution is 2.21. The lowest BCUT2D eigenvalue weighted by atomic mass is 9.99. The average Bonchev–Trinajstić information content (AvgIpc) is 2.48. The number of morpholine rings is 1. The number of rotatable bonds is 2. The molecule has 0 aromatic heterocycles. The van der Waals surface area contributed by atoms with Gasteiger partial charge in [-0.25, -0.2) is 0 Å². The van der Waals surface area contributed by atoms with Crippen LogP contribution in [-0.4, -0.2) is 73.7 Å². The predicted octanol–water partition coefficient (Wildman–Crippen LogP) is 0.0616. The van der Waals surface area contributed by atoms with E-state index in [4.69, 9.17) is 4.74 Å². The molecule has 3 aliphatic heterocycles. The maximum Gasteiger partial charge on any atom is 0.224 e. The maximum atomic E-state index is 12.4. The van der Waals surface area contributed by atoms with Crippen LogP contribution < -0.4 is 5.32 Å². The molecule has 19 heavy (non-hydrogen) atoms. The van der Waals surface area contributed by atoms with Gasteiger partial charge in [0.1, 0.15) is 0 Å². The van der Waals surface area contributed by atoms with Crippen molar-refractivity contribution >= 4 is 5.91 Å². The summed E-state index contributed by atoms with van der Waals surface area (Å²) in [4.78, 5) is 17.0. The second kappa shape index (κ2) is 6.20. The molecule has 2 atom stereocenters. The second-order valence-corrected chi connectivity index (χ2v) is 5.96. The van der Waals surface area contributed by atoms with Crippen LogP contribution in [0.1, 0.15) is 25.7 Å². The Balaban J connectivity index is 1.49. The first kappa shape index (κ1) is 13.3. The molecule has 108 valence electrons. The number of nitrogens with one attached hydrogen (secondary N) is 1. The van der Waals surface area contributed by atoms with Gasteiger partial charge in [-0.15, -0.1) is 0 Å². The monoisotopic (exact) mass is 267 g/mol. The van der Waals surface area contributed by atoms with Crippen LogP contribution >= 0.6 is 0 Å². The largest absolute Gasteiger partial charge is 0.378 e. The van der Waals surface area contributed by atoms with Crippen LogP contribution in [0.5, 0.6) is 0 Å². The van der Waals surface area contributed by atoms with E-state index in [-0.39, 0.29) is 6.04 Å². The molecule has 3 aliphatic rings. The minimum atomic E-state index is 0.214. The van der Waals surface area contributed by atoms with Crippen LogP contribution in [0.2, 0.25) is 0 Å². The molecule has 3 rings (SSSR count). The fourth-order valence-electron chi connectivity index (χ4n) is 3.47. The van der Waals surface area contributed by atoms with E-state index in [2.05, 4.69) is 15.1 Å². The molecule has 3 heterocycles. The first-order valence-electron chi connectivity index (χ1n) is 7.66. The van der Waals surface area contributed by atoms with Gasteiger partial charge >= 0.3 is 0 Å². The third kappa shape index (κ3) is 3.27. The normalized spacial score (nSPS) is 32.9. The van der Waals surface area contributed by atoms with E-state index in [0.717, 1.165) is 32.8 Å². The van der Waals surface area contributed by atoms with Crippen molar-refractivity contribution in [3.8, 4) is 0 Å². The first-order valence-corrected chi connectivity index (χ1v) is 7.66. The minimum absolute atomic E-state index is 0.214. The molecule has 3 fully saturated rings. The summed E-state index contributed by atoms with van der Waals surface area (Å²) in [5, 5.41) is 3.36. The molecule has 0 bridgehead atoms. The fourth-order valence-corrected chi connectivity index (χ4v) is 3.47. The summed E-state index contributed by atoms with van der Waals surface area (Å²) in [5.41, 5.74) is 0. The lowest BCUT2D eigenvalue weighted by molar-refractivity contribution is -0.136. The number of hydrogen-bond acceptors (Lipinski definition) is 4. The van der Waals surface area contributed by atoms with Crippen molar-refractivity contribution in [1.29, 1.82) is 0 Å². The van der Waals surface area contributed by atoms with Crippen molar-refractivity contribution < 1.29 is 9.53 Å². The number of carbonyl (C=O) groups excluding carboxylic acids is 1. The van der Waals surface area contributed by atoms with Crippen molar-refractivity contribution in [3.63, 3.8) is 0 Å². The SMILES string of the molecule is O=C(CC1COCCN1)N1CCN2CCCCC2C1. The summed E-state index contributed by atoms with van der Waals surface area (Å²) in [6.07, 6.45) is 4.50. The topological polar surface area (TPSA) is 44.8 Å². The van der Waals surface area contributed by atoms with Gasteiger partial charge in [-0.1, -0.05) is 6.42 Å². The Morgan fingerprint density at radius 1 is 1.26 bits per heavy atom. The summed E-state index contributed by atoms with van der Waals surface area (Å²) in [6, 6.07) is 0.827. The van der Waals surface area contributed by atoms with Gasteiger partial charge in [0.25, 0.3) is 0 Å². The Labute approximate surface area is 115 Å². The van der Waals surface area contributed by atoms with Crippen molar-refractivity contribution in [2.24, 2.45) is 0 Å². The van der Waals surface area contributed by atoms with Gasteiger partial charge in [-0.05, 0) is 19.4 Å². The van der Waals surface area contributed by atoms with Gasteiger partial charge in [-0.2, -0.15) is 0 Å². The first-order chi connectivity index (χ1) is 9.33. The fraction of sp³-hybridized carbons (Fsp3) is 0.929. The average molecular weight is 267 g/mol. The molecule has 5 heteroatoms. The van der Waals surface area contributed by atoms with Crippen molar-refractivity contribution in [2.45, 2.75) is 37.8 Å². The highest BCUT2D eigenvalue weighted by atomic mass is 16.5. The molecule has 0 spiro atoms. The van der Waals surface area contributed by atoms with Gasteiger partial charge in [0, 0.05) is 44.7 Å². The molecule has 0 aromatic rings. The zero-order valence-corrected chi connectivity index (χ0v) is 11.6. The second-order valence-electron chi connectivity index (χ2n) is 5.96. The smallest absolute Gasteiger partial charge is 0.224 e. The standard InChI is InChI=1S/C14H25N3O2/c18-14(9-12-11-19-8-4-15-12)17-7-6-16-5-2-1-3-13(16)10-17/h12-13,15H,1-11H2. The summed E-state index contributed by atoms with van der Waals surface area (Å²) in [5.74, 6) is 0.299. The van der Waals surface area contributed by atoms with E-state index in [1.54, 1.807) is 0 Å². The number of hydrogen-bond donors (Lipinski definition) is 1. The van der Waals surface area contributed by atoms with E-state index in [1.165, 1.54) is 25.8 Å². The van der Waals surface area contributed by atoms with Gasteiger partial charge in [-0.3, -0.25) is 9.69 Å². The zero-order chi connectivity index (χ0) is 13.1. The molecule has 0 aromatic carbocycles. The van der Waals surface area contributed by atoms with Gasteiger partial charge in [0.05, 0.1) is 13.2 Å². The number of carbonyl (C=O) groups is 1. The summed E-state index contributed by atoms with van der Waals surface area (Å²) in [7, 11) is 0. The molecule has 0 radical (unpaired) electrons. The van der Waals surface area contributed by atoms with Gasteiger partial charge in [0.15, 0.2) is 0 Å². The molecule has 1 N–H and O–H groups in total. The number of piperazine rings is 1. The number of piperidine rings is 1. The highest BCUT2D eigenvalue weighted by molar-refractivity contribution is 5.77. The molecular weight excluding hydrogens is 242 g/mol. The molecule has 0 aliphatic carbocycles. The van der Waals surface area contributed by atoms with Crippen molar-refractivity contribution in [2.75, 3.05) is 45.9 Å². The Kier molecular flexibility index (Phi) is 4.35. The zero-order valence-electron chi connectivity index (χ0n) is 11.6. The Morgan fingerprint density at radius 3 is 3.05 bits per heavy atom. The summed E-state index contributed by atoms with van der Waals surface area (Å²) in [6.45, 7) is 6.44. The van der Waals surface area contributed by atoms with Crippen molar-refractivity contribution in [1.82, 2.24) is 15.1 Å². The number of amides is 1. The van der Waals surface area contributed by atoms with Crippen LogP contribution in [0.15, 0.2) is 0 Å². The van der Waals surface area contributed by atoms with Gasteiger partial charge in [0.2, 0.25) is 5.91 Å². The molecule has 1 amide bonds. The van der Waals surface area contributed by atoms with E-state index in [9.17, 15) is 4.79 Å². The molecular formula is C14H25N3O2. The lowest BCUT2D eigenvalue weighted by Gasteiger charge is -2.44. The number of ether oxygens (including phenoxy) is 1. The van der Waals surface area contributed by atoms with E-state index in [0.29, 0.717) is 25.0 Å². The third-order valence-electron chi connectivity index (χ3n) is 4.61. The maximum absolute atomic E-state index is 12.4. The third-order valence-corrected chi connectivity index (χ3v) is 4.61. The van der Waals surface area contributed by atoms with E-state index >= 15 is 0 Å². The Morgan fingerprint density at radius 2 is 2.21 bits per heavy atom. The molecule has 0 saturated carbocycles.